The molecule has 0 bridgehead atoms. The van der Waals surface area contributed by atoms with E-state index in [4.69, 9.17) is 4.74 Å². The molecule has 1 aromatic rings. The molecule has 134 valence electrons. The van der Waals surface area contributed by atoms with E-state index in [-0.39, 0.29) is 5.91 Å². The molecule has 0 aromatic carbocycles. The van der Waals surface area contributed by atoms with Crippen LogP contribution in [0.1, 0.15) is 33.6 Å². The lowest BCUT2D eigenvalue weighted by Crippen LogP contribution is -2.56. The smallest absolute Gasteiger partial charge is 0.410 e. The van der Waals surface area contributed by atoms with Gasteiger partial charge in [-0.15, -0.1) is 0 Å². The third-order valence-corrected chi connectivity index (χ3v) is 4.33. The summed E-state index contributed by atoms with van der Waals surface area (Å²) in [5.74, 6) is -0.297. The Morgan fingerprint density at radius 3 is 2.52 bits per heavy atom. The molecule has 3 rings (SSSR count). The molecule has 2 fully saturated rings. The van der Waals surface area contributed by atoms with Gasteiger partial charge in [-0.3, -0.25) is 9.78 Å². The molecule has 8 nitrogen and oxygen atoms in total. The quantitative estimate of drug-likeness (QED) is 0.784. The fourth-order valence-electron chi connectivity index (χ4n) is 3.08. The van der Waals surface area contributed by atoms with Gasteiger partial charge in [-0.2, -0.15) is 0 Å². The van der Waals surface area contributed by atoms with Crippen LogP contribution in [0.25, 0.3) is 0 Å². The monoisotopic (exact) mass is 346 g/mol. The second-order valence-corrected chi connectivity index (χ2v) is 7.33. The van der Waals surface area contributed by atoms with Gasteiger partial charge in [0.15, 0.2) is 0 Å². The molecule has 1 N–H and O–H groups in total. The number of carbonyl (C=O) groups is 3. The summed E-state index contributed by atoms with van der Waals surface area (Å²) in [6.07, 6.45) is 3.37. The van der Waals surface area contributed by atoms with Gasteiger partial charge in [0, 0.05) is 19.3 Å². The molecule has 3 heterocycles. The second kappa shape index (κ2) is 6.02. The number of likely N-dealkylation sites (tertiary alicyclic amines) is 1. The highest BCUT2D eigenvalue weighted by Gasteiger charge is 2.53. The number of anilines is 1. The van der Waals surface area contributed by atoms with Crippen LogP contribution in [-0.4, -0.2) is 52.1 Å². The number of nitrogens with one attached hydrogen (secondary N) is 1. The van der Waals surface area contributed by atoms with Crippen molar-refractivity contribution in [2.75, 3.05) is 18.0 Å². The van der Waals surface area contributed by atoms with Crippen molar-refractivity contribution in [3.05, 3.63) is 24.5 Å². The third kappa shape index (κ3) is 3.29. The molecule has 0 atom stereocenters. The fourth-order valence-corrected chi connectivity index (χ4v) is 3.08. The number of urea groups is 1. The number of pyridine rings is 1. The van der Waals surface area contributed by atoms with Crippen LogP contribution in [0.2, 0.25) is 0 Å². The van der Waals surface area contributed by atoms with Gasteiger partial charge >= 0.3 is 12.1 Å². The Hall–Kier alpha value is -2.64. The number of piperidine rings is 1. The van der Waals surface area contributed by atoms with Gasteiger partial charge in [-0.05, 0) is 45.7 Å². The van der Waals surface area contributed by atoms with Crippen molar-refractivity contribution in [3.63, 3.8) is 0 Å². The highest BCUT2D eigenvalue weighted by Crippen LogP contribution is 2.32. The minimum atomic E-state index is -0.967. The predicted octanol–water partition coefficient (Wildman–Crippen LogP) is 1.91. The largest absolute Gasteiger partial charge is 0.444 e. The van der Waals surface area contributed by atoms with E-state index in [0.717, 1.165) is 4.90 Å². The predicted molar refractivity (Wildman–Crippen MR) is 90.0 cm³/mol. The molecule has 4 amide bonds. The average molecular weight is 346 g/mol. The summed E-state index contributed by atoms with van der Waals surface area (Å²) in [6, 6.07) is 2.88. The maximum absolute atomic E-state index is 12.9. The number of nitrogens with zero attached hydrogens (tertiary/aromatic N) is 3. The number of carbonyl (C=O) groups excluding carboxylic acids is 3. The van der Waals surface area contributed by atoms with Crippen molar-refractivity contribution in [1.82, 2.24) is 15.2 Å². The van der Waals surface area contributed by atoms with E-state index in [0.29, 0.717) is 31.6 Å². The normalized spacial score (nSPS) is 20.0. The number of hydrogen-bond acceptors (Lipinski definition) is 5. The summed E-state index contributed by atoms with van der Waals surface area (Å²) in [5, 5.41) is 2.81. The highest BCUT2D eigenvalue weighted by atomic mass is 16.6. The Morgan fingerprint density at radius 2 is 1.96 bits per heavy atom. The molecule has 2 aliphatic rings. The van der Waals surface area contributed by atoms with Gasteiger partial charge in [0.05, 0.1) is 11.9 Å². The van der Waals surface area contributed by atoms with E-state index in [9.17, 15) is 14.4 Å². The number of ether oxygens (including phenoxy) is 1. The molecule has 0 radical (unpaired) electrons. The van der Waals surface area contributed by atoms with Crippen LogP contribution in [0.3, 0.4) is 0 Å². The van der Waals surface area contributed by atoms with Gasteiger partial charge in [0.25, 0.3) is 5.91 Å². The molecule has 1 aromatic heterocycles. The van der Waals surface area contributed by atoms with E-state index < -0.39 is 23.3 Å². The maximum atomic E-state index is 12.9. The SMILES string of the molecule is CC(C)(C)OC(=O)N1CCC2(CC1)NC(=O)N(c1cccnc1)C2=O. The van der Waals surface area contributed by atoms with Gasteiger partial charge in [-0.25, -0.2) is 14.5 Å². The van der Waals surface area contributed by atoms with Crippen LogP contribution in [-0.2, 0) is 9.53 Å². The van der Waals surface area contributed by atoms with Gasteiger partial charge < -0.3 is 15.0 Å². The average Bonchev–Trinajstić information content (AvgIpc) is 2.77. The molecule has 2 saturated heterocycles. The van der Waals surface area contributed by atoms with Crippen molar-refractivity contribution in [3.8, 4) is 0 Å². The Kier molecular flexibility index (Phi) is 4.14. The summed E-state index contributed by atoms with van der Waals surface area (Å²) in [4.78, 5) is 44.0. The van der Waals surface area contributed by atoms with Crippen molar-refractivity contribution >= 4 is 23.7 Å². The standard InChI is InChI=1S/C17H22N4O4/c1-16(2,3)25-15(24)20-9-6-17(7-10-20)13(22)21(14(23)19-17)12-5-4-8-18-11-12/h4-5,8,11H,6-7,9-10H2,1-3H3,(H,19,23). The van der Waals surface area contributed by atoms with Crippen LogP contribution in [0.15, 0.2) is 24.5 Å². The Morgan fingerprint density at radius 1 is 1.28 bits per heavy atom. The lowest BCUT2D eigenvalue weighted by molar-refractivity contribution is -0.123. The zero-order chi connectivity index (χ0) is 18.2. The molecule has 0 aliphatic carbocycles. The number of amides is 4. The molecule has 8 heteroatoms. The number of hydrogen-bond donors (Lipinski definition) is 1. The minimum absolute atomic E-state index is 0.297. The topological polar surface area (TPSA) is 91.8 Å². The zero-order valence-electron chi connectivity index (χ0n) is 14.6. The van der Waals surface area contributed by atoms with Crippen molar-refractivity contribution in [1.29, 1.82) is 0 Å². The van der Waals surface area contributed by atoms with E-state index in [1.54, 1.807) is 23.2 Å². The van der Waals surface area contributed by atoms with E-state index in [1.165, 1.54) is 6.20 Å². The van der Waals surface area contributed by atoms with Crippen molar-refractivity contribution in [2.45, 2.75) is 44.8 Å². The summed E-state index contributed by atoms with van der Waals surface area (Å²) in [6.45, 7) is 6.12. The van der Waals surface area contributed by atoms with Crippen LogP contribution in [0.4, 0.5) is 15.3 Å². The van der Waals surface area contributed by atoms with Crippen molar-refractivity contribution < 1.29 is 19.1 Å². The van der Waals surface area contributed by atoms with Crippen LogP contribution in [0, 0.1) is 0 Å². The van der Waals surface area contributed by atoms with Crippen LogP contribution < -0.4 is 10.2 Å². The number of imide groups is 1. The lowest BCUT2D eigenvalue weighted by Gasteiger charge is -2.37. The molecular weight excluding hydrogens is 324 g/mol. The van der Waals surface area contributed by atoms with E-state index in [1.807, 2.05) is 20.8 Å². The first-order valence-corrected chi connectivity index (χ1v) is 8.27. The van der Waals surface area contributed by atoms with Gasteiger partial charge in [0.2, 0.25) is 0 Å². The number of aromatic nitrogens is 1. The highest BCUT2D eigenvalue weighted by molar-refractivity contribution is 6.23. The molecule has 25 heavy (non-hydrogen) atoms. The summed E-state index contributed by atoms with van der Waals surface area (Å²) in [5.41, 5.74) is -1.09. The Balaban J connectivity index is 1.70. The van der Waals surface area contributed by atoms with E-state index in [2.05, 4.69) is 10.3 Å². The van der Waals surface area contributed by atoms with Crippen LogP contribution >= 0.6 is 0 Å². The lowest BCUT2D eigenvalue weighted by atomic mass is 9.87. The first-order chi connectivity index (χ1) is 11.7. The molecule has 0 unspecified atom stereocenters. The molecule has 1 spiro atoms. The number of rotatable bonds is 1. The van der Waals surface area contributed by atoms with Crippen molar-refractivity contribution in [2.24, 2.45) is 0 Å². The zero-order valence-corrected chi connectivity index (χ0v) is 14.6. The van der Waals surface area contributed by atoms with E-state index >= 15 is 0 Å². The fraction of sp³-hybridized carbons (Fsp3) is 0.529. The molecule has 0 saturated carbocycles. The Labute approximate surface area is 146 Å². The first-order valence-electron chi connectivity index (χ1n) is 8.27. The first kappa shape index (κ1) is 17.2. The maximum Gasteiger partial charge on any atom is 0.410 e. The second-order valence-electron chi connectivity index (χ2n) is 7.33. The molecule has 2 aliphatic heterocycles. The summed E-state index contributed by atoms with van der Waals surface area (Å²) < 4.78 is 5.36. The summed E-state index contributed by atoms with van der Waals surface area (Å²) >= 11 is 0. The van der Waals surface area contributed by atoms with Crippen LogP contribution in [0.5, 0.6) is 0 Å². The molecular formula is C17H22N4O4. The van der Waals surface area contributed by atoms with Gasteiger partial charge in [-0.1, -0.05) is 0 Å². The minimum Gasteiger partial charge on any atom is -0.444 e. The third-order valence-electron chi connectivity index (χ3n) is 4.33. The summed E-state index contributed by atoms with van der Waals surface area (Å²) in [7, 11) is 0. The Bertz CT molecular complexity index is 690. The van der Waals surface area contributed by atoms with Gasteiger partial charge in [0.1, 0.15) is 11.1 Å².